The molecule has 0 aromatic rings. The lowest BCUT2D eigenvalue weighted by molar-refractivity contribution is -0.143. The summed E-state index contributed by atoms with van der Waals surface area (Å²) in [5.41, 5.74) is 0. The summed E-state index contributed by atoms with van der Waals surface area (Å²) < 4.78 is 0. The Labute approximate surface area is 92.5 Å². The molecule has 3 nitrogen and oxygen atoms in total. The molecule has 4 atom stereocenters. The van der Waals surface area contributed by atoms with Crippen LogP contribution in [0.2, 0.25) is 0 Å². The van der Waals surface area contributed by atoms with Crippen molar-refractivity contribution in [3.8, 4) is 0 Å². The third-order valence-electron chi connectivity index (χ3n) is 4.11. The standard InChI is InChI=1S/C12H23NO2/c1-8-5-6-11(7-9(8)2)13(4)10(3)12(14)15/h8-11H,5-7H2,1-4H3,(H,14,15). The number of carboxylic acids is 1. The fourth-order valence-electron chi connectivity index (χ4n) is 2.38. The molecule has 1 fully saturated rings. The number of hydrogen-bond acceptors (Lipinski definition) is 2. The second-order valence-corrected chi connectivity index (χ2v) is 5.10. The van der Waals surface area contributed by atoms with Gasteiger partial charge in [0.1, 0.15) is 6.04 Å². The monoisotopic (exact) mass is 213 g/mol. The minimum Gasteiger partial charge on any atom is -0.480 e. The van der Waals surface area contributed by atoms with E-state index in [-0.39, 0.29) is 6.04 Å². The Morgan fingerprint density at radius 3 is 2.40 bits per heavy atom. The van der Waals surface area contributed by atoms with Crippen molar-refractivity contribution in [3.63, 3.8) is 0 Å². The van der Waals surface area contributed by atoms with Crippen molar-refractivity contribution in [3.05, 3.63) is 0 Å². The smallest absolute Gasteiger partial charge is 0.320 e. The first-order chi connectivity index (χ1) is 6.93. The molecule has 0 saturated heterocycles. The summed E-state index contributed by atoms with van der Waals surface area (Å²) in [6.45, 7) is 6.34. The Bertz CT molecular complexity index is 230. The van der Waals surface area contributed by atoms with Gasteiger partial charge in [0.2, 0.25) is 0 Å². The van der Waals surface area contributed by atoms with Gasteiger partial charge >= 0.3 is 5.97 Å². The van der Waals surface area contributed by atoms with Gasteiger partial charge in [0.05, 0.1) is 0 Å². The fourth-order valence-corrected chi connectivity index (χ4v) is 2.38. The molecule has 0 bridgehead atoms. The Morgan fingerprint density at radius 1 is 1.33 bits per heavy atom. The molecule has 88 valence electrons. The molecule has 1 aliphatic carbocycles. The quantitative estimate of drug-likeness (QED) is 0.781. The lowest BCUT2D eigenvalue weighted by Crippen LogP contribution is -2.45. The molecule has 0 amide bonds. The number of hydrogen-bond donors (Lipinski definition) is 1. The highest BCUT2D eigenvalue weighted by Gasteiger charge is 2.30. The first kappa shape index (κ1) is 12.5. The zero-order chi connectivity index (χ0) is 11.6. The molecular formula is C12H23NO2. The molecule has 4 unspecified atom stereocenters. The maximum absolute atomic E-state index is 10.9. The molecule has 0 aromatic carbocycles. The molecule has 1 saturated carbocycles. The van der Waals surface area contributed by atoms with E-state index in [1.807, 2.05) is 11.9 Å². The van der Waals surface area contributed by atoms with Crippen LogP contribution in [0.3, 0.4) is 0 Å². The van der Waals surface area contributed by atoms with Gasteiger partial charge in [-0.15, -0.1) is 0 Å². The van der Waals surface area contributed by atoms with E-state index in [2.05, 4.69) is 13.8 Å². The van der Waals surface area contributed by atoms with Gasteiger partial charge in [-0.05, 0) is 45.1 Å². The minimum atomic E-state index is -0.719. The van der Waals surface area contributed by atoms with Gasteiger partial charge in [0, 0.05) is 6.04 Å². The van der Waals surface area contributed by atoms with E-state index in [9.17, 15) is 4.79 Å². The van der Waals surface area contributed by atoms with Crippen molar-refractivity contribution in [2.45, 2.75) is 52.1 Å². The van der Waals surface area contributed by atoms with E-state index < -0.39 is 5.97 Å². The van der Waals surface area contributed by atoms with E-state index in [0.29, 0.717) is 12.0 Å². The normalized spacial score (nSPS) is 34.1. The van der Waals surface area contributed by atoms with Crippen LogP contribution in [-0.4, -0.2) is 35.1 Å². The highest BCUT2D eigenvalue weighted by atomic mass is 16.4. The Kier molecular flexibility index (Phi) is 4.14. The van der Waals surface area contributed by atoms with E-state index in [0.717, 1.165) is 18.8 Å². The minimum absolute atomic E-state index is 0.365. The van der Waals surface area contributed by atoms with E-state index in [1.165, 1.54) is 6.42 Å². The number of aliphatic carboxylic acids is 1. The molecule has 15 heavy (non-hydrogen) atoms. The molecule has 1 N–H and O–H groups in total. The Hall–Kier alpha value is -0.570. The van der Waals surface area contributed by atoms with Crippen LogP contribution in [0.15, 0.2) is 0 Å². The van der Waals surface area contributed by atoms with Crippen molar-refractivity contribution in [1.29, 1.82) is 0 Å². The van der Waals surface area contributed by atoms with Crippen LogP contribution in [0.4, 0.5) is 0 Å². The predicted octanol–water partition coefficient (Wildman–Crippen LogP) is 2.22. The number of nitrogens with zero attached hydrogens (tertiary/aromatic N) is 1. The van der Waals surface area contributed by atoms with Crippen LogP contribution >= 0.6 is 0 Å². The van der Waals surface area contributed by atoms with Crippen LogP contribution in [-0.2, 0) is 4.79 Å². The van der Waals surface area contributed by atoms with E-state index >= 15 is 0 Å². The fraction of sp³-hybridized carbons (Fsp3) is 0.917. The van der Waals surface area contributed by atoms with Gasteiger partial charge in [-0.3, -0.25) is 9.69 Å². The van der Waals surface area contributed by atoms with Gasteiger partial charge in [0.25, 0.3) is 0 Å². The zero-order valence-electron chi connectivity index (χ0n) is 10.2. The van der Waals surface area contributed by atoms with Crippen LogP contribution in [0.1, 0.15) is 40.0 Å². The second-order valence-electron chi connectivity index (χ2n) is 5.10. The molecule has 0 spiro atoms. The van der Waals surface area contributed by atoms with Crippen LogP contribution in [0.5, 0.6) is 0 Å². The summed E-state index contributed by atoms with van der Waals surface area (Å²) >= 11 is 0. The maximum Gasteiger partial charge on any atom is 0.320 e. The Balaban J connectivity index is 2.54. The highest BCUT2D eigenvalue weighted by Crippen LogP contribution is 2.32. The van der Waals surface area contributed by atoms with Gasteiger partial charge < -0.3 is 5.11 Å². The van der Waals surface area contributed by atoms with Gasteiger partial charge in [-0.1, -0.05) is 13.8 Å². The maximum atomic E-state index is 10.9. The van der Waals surface area contributed by atoms with Crippen LogP contribution in [0, 0.1) is 11.8 Å². The lowest BCUT2D eigenvalue weighted by atomic mass is 9.78. The lowest BCUT2D eigenvalue weighted by Gasteiger charge is -2.38. The first-order valence-electron chi connectivity index (χ1n) is 5.88. The number of carboxylic acid groups (broad SMARTS) is 1. The van der Waals surface area contributed by atoms with Crippen molar-refractivity contribution in [2.24, 2.45) is 11.8 Å². The second kappa shape index (κ2) is 4.97. The number of rotatable bonds is 3. The van der Waals surface area contributed by atoms with Gasteiger partial charge in [0.15, 0.2) is 0 Å². The molecule has 1 aliphatic rings. The zero-order valence-corrected chi connectivity index (χ0v) is 10.2. The van der Waals surface area contributed by atoms with Crippen molar-refractivity contribution >= 4 is 5.97 Å². The van der Waals surface area contributed by atoms with Gasteiger partial charge in [-0.2, -0.15) is 0 Å². The molecule has 0 aromatic heterocycles. The third-order valence-corrected chi connectivity index (χ3v) is 4.11. The number of likely N-dealkylation sites (N-methyl/N-ethyl adjacent to an activating group) is 1. The summed E-state index contributed by atoms with van der Waals surface area (Å²) in [6.07, 6.45) is 3.50. The van der Waals surface area contributed by atoms with E-state index in [1.54, 1.807) is 6.92 Å². The van der Waals surface area contributed by atoms with Crippen LogP contribution in [0.25, 0.3) is 0 Å². The topological polar surface area (TPSA) is 40.5 Å². The molecule has 0 radical (unpaired) electrons. The molecule has 3 heteroatoms. The summed E-state index contributed by atoms with van der Waals surface area (Å²) in [4.78, 5) is 12.9. The molecule has 0 aliphatic heterocycles. The molecular weight excluding hydrogens is 190 g/mol. The average Bonchev–Trinajstić information content (AvgIpc) is 2.19. The van der Waals surface area contributed by atoms with Crippen LogP contribution < -0.4 is 0 Å². The summed E-state index contributed by atoms with van der Waals surface area (Å²) in [5.74, 6) is 0.783. The number of carbonyl (C=O) groups is 1. The third kappa shape index (κ3) is 2.94. The summed E-state index contributed by atoms with van der Waals surface area (Å²) in [6, 6.07) is 0.0814. The van der Waals surface area contributed by atoms with Crippen molar-refractivity contribution in [1.82, 2.24) is 4.90 Å². The van der Waals surface area contributed by atoms with E-state index in [4.69, 9.17) is 5.11 Å². The SMILES string of the molecule is CC1CCC(N(C)C(C)C(=O)O)CC1C. The summed E-state index contributed by atoms with van der Waals surface area (Å²) in [7, 11) is 1.94. The largest absolute Gasteiger partial charge is 0.480 e. The summed E-state index contributed by atoms with van der Waals surface area (Å²) in [5, 5.41) is 8.96. The molecule has 1 rings (SSSR count). The van der Waals surface area contributed by atoms with Crippen molar-refractivity contribution < 1.29 is 9.90 Å². The highest BCUT2D eigenvalue weighted by molar-refractivity contribution is 5.72. The predicted molar refractivity (Wildman–Crippen MR) is 60.8 cm³/mol. The average molecular weight is 213 g/mol. The Morgan fingerprint density at radius 2 is 1.93 bits per heavy atom. The molecule has 0 heterocycles. The first-order valence-corrected chi connectivity index (χ1v) is 5.88. The van der Waals surface area contributed by atoms with Crippen molar-refractivity contribution in [2.75, 3.05) is 7.05 Å². The van der Waals surface area contributed by atoms with Gasteiger partial charge in [-0.25, -0.2) is 0 Å².